The van der Waals surface area contributed by atoms with E-state index in [1.54, 1.807) is 30.3 Å². The molecule has 23 heavy (non-hydrogen) atoms. The molecule has 0 fully saturated rings. The first kappa shape index (κ1) is 17.0. The Morgan fingerprint density at radius 2 is 1.70 bits per heavy atom. The predicted octanol–water partition coefficient (Wildman–Crippen LogP) is 2.02. The topological polar surface area (TPSA) is 66.5 Å². The van der Waals surface area contributed by atoms with Crippen molar-refractivity contribution in [2.24, 2.45) is 0 Å². The van der Waals surface area contributed by atoms with Gasteiger partial charge in [-0.2, -0.15) is 0 Å². The van der Waals surface area contributed by atoms with Gasteiger partial charge in [0.1, 0.15) is 5.82 Å². The Labute approximate surface area is 134 Å². The molecule has 0 aliphatic rings. The van der Waals surface area contributed by atoms with Crippen molar-refractivity contribution in [3.8, 4) is 0 Å². The fourth-order valence-electron chi connectivity index (χ4n) is 2.06. The van der Waals surface area contributed by atoms with Crippen molar-refractivity contribution in [2.45, 2.75) is 0 Å². The molecule has 0 heterocycles. The number of sulfonamides is 1. The lowest BCUT2D eigenvalue weighted by molar-refractivity contribution is 0.0955. The zero-order valence-electron chi connectivity index (χ0n) is 12.6. The van der Waals surface area contributed by atoms with Crippen LogP contribution in [0.2, 0.25) is 0 Å². The van der Waals surface area contributed by atoms with Crippen molar-refractivity contribution in [1.29, 1.82) is 0 Å². The van der Waals surface area contributed by atoms with Gasteiger partial charge in [-0.3, -0.25) is 9.10 Å². The normalized spacial score (nSPS) is 11.0. The zero-order chi connectivity index (χ0) is 16.9. The fourth-order valence-corrected chi connectivity index (χ4v) is 2.98. The minimum atomic E-state index is -3.53. The molecule has 1 N–H and O–H groups in total. The lowest BCUT2D eigenvalue weighted by Crippen LogP contribution is -2.38. The van der Waals surface area contributed by atoms with Gasteiger partial charge in [0.2, 0.25) is 10.0 Å². The van der Waals surface area contributed by atoms with Crippen LogP contribution < -0.4 is 9.62 Å². The summed E-state index contributed by atoms with van der Waals surface area (Å²) in [5, 5.41) is 2.66. The molecule has 2 aromatic rings. The maximum absolute atomic E-state index is 13.0. The fraction of sp³-hybridized carbons (Fsp3) is 0.188. The standard InChI is InChI=1S/C16H17FN2O3S/c1-23(21,22)19(15-9-7-14(17)8-10-15)12-11-18-16(20)13-5-3-2-4-6-13/h2-10H,11-12H2,1H3,(H,18,20). The molecule has 0 radical (unpaired) electrons. The minimum Gasteiger partial charge on any atom is -0.350 e. The summed E-state index contributed by atoms with van der Waals surface area (Å²) < 4.78 is 37.9. The average molecular weight is 336 g/mol. The van der Waals surface area contributed by atoms with Gasteiger partial charge in [-0.25, -0.2) is 12.8 Å². The van der Waals surface area contributed by atoms with Crippen LogP contribution in [0.3, 0.4) is 0 Å². The molecule has 1 amide bonds. The summed E-state index contributed by atoms with van der Waals surface area (Å²) in [6, 6.07) is 13.8. The van der Waals surface area contributed by atoms with Gasteiger partial charge >= 0.3 is 0 Å². The monoisotopic (exact) mass is 336 g/mol. The number of carbonyl (C=O) groups excluding carboxylic acids is 1. The average Bonchev–Trinajstić information content (AvgIpc) is 2.52. The predicted molar refractivity (Wildman–Crippen MR) is 87.4 cm³/mol. The van der Waals surface area contributed by atoms with Gasteiger partial charge in [-0.1, -0.05) is 18.2 Å². The molecule has 0 saturated heterocycles. The van der Waals surface area contributed by atoms with Crippen LogP contribution in [0.15, 0.2) is 54.6 Å². The largest absolute Gasteiger partial charge is 0.350 e. The van der Waals surface area contributed by atoms with Crippen LogP contribution in [0, 0.1) is 5.82 Å². The summed E-state index contributed by atoms with van der Waals surface area (Å²) in [6.07, 6.45) is 1.06. The smallest absolute Gasteiger partial charge is 0.251 e. The van der Waals surface area contributed by atoms with Crippen molar-refractivity contribution in [1.82, 2.24) is 5.32 Å². The number of rotatable bonds is 6. The maximum atomic E-state index is 13.0. The first-order chi connectivity index (χ1) is 10.9. The van der Waals surface area contributed by atoms with E-state index in [1.807, 2.05) is 0 Å². The van der Waals surface area contributed by atoms with Crippen LogP contribution in [0.1, 0.15) is 10.4 Å². The number of amides is 1. The summed E-state index contributed by atoms with van der Waals surface area (Å²) in [6.45, 7) is 0.196. The van der Waals surface area contributed by atoms with E-state index in [9.17, 15) is 17.6 Å². The van der Waals surface area contributed by atoms with Crippen molar-refractivity contribution in [2.75, 3.05) is 23.7 Å². The molecule has 0 atom stereocenters. The molecule has 0 spiro atoms. The molecule has 2 aromatic carbocycles. The summed E-state index contributed by atoms with van der Waals surface area (Å²) in [7, 11) is -3.53. The van der Waals surface area contributed by atoms with E-state index in [1.165, 1.54) is 24.3 Å². The molecule has 0 aromatic heterocycles. The van der Waals surface area contributed by atoms with Gasteiger partial charge in [0.05, 0.1) is 18.5 Å². The molecule has 5 nitrogen and oxygen atoms in total. The Kier molecular flexibility index (Phi) is 5.33. The molecule has 122 valence electrons. The lowest BCUT2D eigenvalue weighted by atomic mass is 10.2. The van der Waals surface area contributed by atoms with Gasteiger partial charge in [0.15, 0.2) is 0 Å². The number of halogens is 1. The highest BCUT2D eigenvalue weighted by atomic mass is 32.2. The Balaban J connectivity index is 2.02. The third-order valence-corrected chi connectivity index (χ3v) is 4.35. The van der Waals surface area contributed by atoms with E-state index in [2.05, 4.69) is 5.32 Å². The number of nitrogens with zero attached hydrogens (tertiary/aromatic N) is 1. The molecule has 0 aliphatic heterocycles. The number of anilines is 1. The lowest BCUT2D eigenvalue weighted by Gasteiger charge is -2.22. The summed E-state index contributed by atoms with van der Waals surface area (Å²) in [5.41, 5.74) is 0.850. The molecule has 7 heteroatoms. The highest BCUT2D eigenvalue weighted by Crippen LogP contribution is 2.17. The van der Waals surface area contributed by atoms with Crippen molar-refractivity contribution < 1.29 is 17.6 Å². The number of nitrogens with one attached hydrogen (secondary N) is 1. The molecule has 0 unspecified atom stereocenters. The van der Waals surface area contributed by atoms with Crippen LogP contribution >= 0.6 is 0 Å². The van der Waals surface area contributed by atoms with E-state index in [0.29, 0.717) is 11.3 Å². The second-order valence-corrected chi connectivity index (χ2v) is 6.84. The van der Waals surface area contributed by atoms with Crippen molar-refractivity contribution >= 4 is 21.6 Å². The molecular formula is C16H17FN2O3S. The number of carbonyl (C=O) groups is 1. The van der Waals surface area contributed by atoms with E-state index < -0.39 is 15.8 Å². The Morgan fingerprint density at radius 1 is 1.09 bits per heavy atom. The van der Waals surface area contributed by atoms with Gasteiger partial charge in [0, 0.05) is 12.1 Å². The second kappa shape index (κ2) is 7.23. The highest BCUT2D eigenvalue weighted by Gasteiger charge is 2.17. The Morgan fingerprint density at radius 3 is 2.26 bits per heavy atom. The molecule has 0 aliphatic carbocycles. The maximum Gasteiger partial charge on any atom is 0.251 e. The van der Waals surface area contributed by atoms with Gasteiger partial charge in [-0.15, -0.1) is 0 Å². The van der Waals surface area contributed by atoms with Crippen LogP contribution in [-0.2, 0) is 10.0 Å². The van der Waals surface area contributed by atoms with E-state index in [-0.39, 0.29) is 19.0 Å². The molecule has 0 bridgehead atoms. The van der Waals surface area contributed by atoms with E-state index in [0.717, 1.165) is 10.6 Å². The second-order valence-electron chi connectivity index (χ2n) is 4.93. The zero-order valence-corrected chi connectivity index (χ0v) is 13.4. The quantitative estimate of drug-likeness (QED) is 0.878. The third kappa shape index (κ3) is 4.79. The van der Waals surface area contributed by atoms with E-state index >= 15 is 0 Å². The first-order valence-corrected chi connectivity index (χ1v) is 8.79. The summed E-state index contributed by atoms with van der Waals surface area (Å²) in [5.74, 6) is -0.724. The third-order valence-electron chi connectivity index (χ3n) is 3.15. The van der Waals surface area contributed by atoms with Crippen LogP contribution in [0.5, 0.6) is 0 Å². The Bertz CT molecular complexity index is 762. The van der Waals surface area contributed by atoms with Crippen LogP contribution in [0.25, 0.3) is 0 Å². The van der Waals surface area contributed by atoms with Crippen LogP contribution in [0.4, 0.5) is 10.1 Å². The first-order valence-electron chi connectivity index (χ1n) is 6.94. The Hall–Kier alpha value is -2.41. The van der Waals surface area contributed by atoms with Crippen molar-refractivity contribution in [3.05, 3.63) is 66.0 Å². The van der Waals surface area contributed by atoms with Gasteiger partial charge < -0.3 is 5.32 Å². The highest BCUT2D eigenvalue weighted by molar-refractivity contribution is 7.92. The molecule has 2 rings (SSSR count). The minimum absolute atomic E-state index is 0.0586. The van der Waals surface area contributed by atoms with Crippen molar-refractivity contribution in [3.63, 3.8) is 0 Å². The molecule has 0 saturated carbocycles. The van der Waals surface area contributed by atoms with Gasteiger partial charge in [0.25, 0.3) is 5.91 Å². The van der Waals surface area contributed by atoms with Crippen LogP contribution in [-0.4, -0.2) is 33.7 Å². The SMILES string of the molecule is CS(=O)(=O)N(CCNC(=O)c1ccccc1)c1ccc(F)cc1. The number of hydrogen-bond donors (Lipinski definition) is 1. The number of hydrogen-bond acceptors (Lipinski definition) is 3. The van der Waals surface area contributed by atoms with E-state index in [4.69, 9.17) is 0 Å². The molecular weight excluding hydrogens is 319 g/mol. The number of benzene rings is 2. The summed E-state index contributed by atoms with van der Waals surface area (Å²) in [4.78, 5) is 11.9. The van der Waals surface area contributed by atoms with Gasteiger partial charge in [-0.05, 0) is 36.4 Å². The summed E-state index contributed by atoms with van der Waals surface area (Å²) >= 11 is 0.